The molecular formula is C11H11F4NO2. The van der Waals surface area contributed by atoms with E-state index in [2.05, 4.69) is 4.74 Å². The lowest BCUT2D eigenvalue weighted by Crippen LogP contribution is -2.33. The van der Waals surface area contributed by atoms with Gasteiger partial charge in [0, 0.05) is 17.3 Å². The number of benzene rings is 1. The van der Waals surface area contributed by atoms with Crippen molar-refractivity contribution in [3.05, 3.63) is 23.8 Å². The number of rotatable bonds is 5. The van der Waals surface area contributed by atoms with Crippen LogP contribution in [0, 0.1) is 0 Å². The molecule has 0 spiro atoms. The number of alkyl halides is 4. The molecule has 0 saturated heterocycles. The first-order chi connectivity index (χ1) is 8.24. The zero-order valence-corrected chi connectivity index (χ0v) is 9.42. The van der Waals surface area contributed by atoms with Gasteiger partial charge in [-0.3, -0.25) is 4.79 Å². The molecule has 0 aliphatic carbocycles. The molecule has 0 unspecified atom stereocenters. The minimum atomic E-state index is -4.23. The van der Waals surface area contributed by atoms with Crippen LogP contribution in [-0.2, 0) is 0 Å². The number of nitrogen functional groups attached to an aromatic ring is 1. The molecule has 0 amide bonds. The van der Waals surface area contributed by atoms with Gasteiger partial charge in [0.15, 0.2) is 12.4 Å². The molecule has 18 heavy (non-hydrogen) atoms. The summed E-state index contributed by atoms with van der Waals surface area (Å²) in [5.41, 5.74) is 5.74. The summed E-state index contributed by atoms with van der Waals surface area (Å²) in [5, 5.41) is 0. The Hall–Kier alpha value is -1.79. The maximum absolute atomic E-state index is 12.6. The van der Waals surface area contributed by atoms with Crippen molar-refractivity contribution in [2.24, 2.45) is 0 Å². The lowest BCUT2D eigenvalue weighted by atomic mass is 10.1. The van der Waals surface area contributed by atoms with E-state index in [9.17, 15) is 22.4 Å². The van der Waals surface area contributed by atoms with E-state index in [1.165, 1.54) is 19.1 Å². The van der Waals surface area contributed by atoms with E-state index in [4.69, 9.17) is 5.73 Å². The first kappa shape index (κ1) is 14.3. The van der Waals surface area contributed by atoms with Gasteiger partial charge in [-0.25, -0.2) is 8.78 Å². The van der Waals surface area contributed by atoms with Gasteiger partial charge < -0.3 is 10.5 Å². The van der Waals surface area contributed by atoms with Crippen molar-refractivity contribution in [2.45, 2.75) is 19.3 Å². The Labute approximate surface area is 101 Å². The SMILES string of the molecule is CC(=O)c1ccc(OCC(F)(F)C(F)F)cc1N. The van der Waals surface area contributed by atoms with Crippen LogP contribution in [0.15, 0.2) is 18.2 Å². The Morgan fingerprint density at radius 1 is 1.44 bits per heavy atom. The van der Waals surface area contributed by atoms with Gasteiger partial charge in [0.05, 0.1) is 0 Å². The number of carbonyl (C=O) groups is 1. The lowest BCUT2D eigenvalue weighted by molar-refractivity contribution is -0.148. The lowest BCUT2D eigenvalue weighted by Gasteiger charge is -2.16. The zero-order valence-electron chi connectivity index (χ0n) is 9.42. The second-order valence-corrected chi connectivity index (χ2v) is 3.66. The van der Waals surface area contributed by atoms with Crippen LogP contribution < -0.4 is 10.5 Å². The van der Waals surface area contributed by atoms with Crippen molar-refractivity contribution in [3.8, 4) is 5.75 Å². The molecule has 1 aromatic carbocycles. The predicted octanol–water partition coefficient (Wildman–Crippen LogP) is 2.75. The van der Waals surface area contributed by atoms with Crippen LogP contribution in [0.25, 0.3) is 0 Å². The fourth-order valence-electron chi connectivity index (χ4n) is 1.19. The normalized spacial score (nSPS) is 11.7. The third-order valence-electron chi connectivity index (χ3n) is 2.15. The second-order valence-electron chi connectivity index (χ2n) is 3.66. The molecule has 0 bridgehead atoms. The molecule has 7 heteroatoms. The van der Waals surface area contributed by atoms with Crippen LogP contribution in [-0.4, -0.2) is 24.7 Å². The Balaban J connectivity index is 2.76. The van der Waals surface area contributed by atoms with Gasteiger partial charge in [-0.2, -0.15) is 8.78 Å². The van der Waals surface area contributed by atoms with Crippen LogP contribution in [0.4, 0.5) is 23.2 Å². The van der Waals surface area contributed by atoms with Crippen molar-refractivity contribution in [1.29, 1.82) is 0 Å². The highest BCUT2D eigenvalue weighted by molar-refractivity contribution is 5.99. The number of hydrogen-bond donors (Lipinski definition) is 1. The first-order valence-electron chi connectivity index (χ1n) is 4.93. The van der Waals surface area contributed by atoms with Gasteiger partial charge in [-0.1, -0.05) is 0 Å². The molecule has 0 aliphatic rings. The summed E-state index contributed by atoms with van der Waals surface area (Å²) in [7, 11) is 0. The monoisotopic (exact) mass is 265 g/mol. The summed E-state index contributed by atoms with van der Waals surface area (Å²) in [5.74, 6) is -4.62. The topological polar surface area (TPSA) is 52.3 Å². The third-order valence-corrected chi connectivity index (χ3v) is 2.15. The van der Waals surface area contributed by atoms with Gasteiger partial charge in [-0.05, 0) is 19.1 Å². The smallest absolute Gasteiger partial charge is 0.340 e. The minimum absolute atomic E-state index is 0.0420. The first-order valence-corrected chi connectivity index (χ1v) is 4.93. The minimum Gasteiger partial charge on any atom is -0.487 e. The van der Waals surface area contributed by atoms with Crippen LogP contribution in [0.2, 0.25) is 0 Å². The van der Waals surface area contributed by atoms with Gasteiger partial charge in [0.25, 0.3) is 0 Å². The molecule has 100 valence electrons. The van der Waals surface area contributed by atoms with Crippen LogP contribution in [0.3, 0.4) is 0 Å². The van der Waals surface area contributed by atoms with Crippen molar-refractivity contribution in [2.75, 3.05) is 12.3 Å². The fraction of sp³-hybridized carbons (Fsp3) is 0.364. The number of hydrogen-bond acceptors (Lipinski definition) is 3. The van der Waals surface area contributed by atoms with Crippen molar-refractivity contribution in [3.63, 3.8) is 0 Å². The number of carbonyl (C=O) groups excluding carboxylic acids is 1. The van der Waals surface area contributed by atoms with Gasteiger partial charge in [-0.15, -0.1) is 0 Å². The van der Waals surface area contributed by atoms with Gasteiger partial charge in [0.1, 0.15) is 5.75 Å². The van der Waals surface area contributed by atoms with E-state index in [0.29, 0.717) is 0 Å². The van der Waals surface area contributed by atoms with Crippen LogP contribution in [0.5, 0.6) is 5.75 Å². The van der Waals surface area contributed by atoms with Gasteiger partial charge in [0.2, 0.25) is 0 Å². The van der Waals surface area contributed by atoms with E-state index in [1.54, 1.807) is 0 Å². The maximum Gasteiger partial charge on any atom is 0.340 e. The molecule has 0 aliphatic heterocycles. The molecule has 0 saturated carbocycles. The summed E-state index contributed by atoms with van der Waals surface area (Å²) >= 11 is 0. The van der Waals surface area contributed by atoms with E-state index in [-0.39, 0.29) is 22.8 Å². The number of Topliss-reactive ketones (excluding diaryl/α,β-unsaturated/α-hetero) is 1. The number of halogens is 4. The highest BCUT2D eigenvalue weighted by Gasteiger charge is 2.41. The number of anilines is 1. The highest BCUT2D eigenvalue weighted by Crippen LogP contribution is 2.26. The van der Waals surface area contributed by atoms with Crippen molar-refractivity contribution < 1.29 is 27.1 Å². The summed E-state index contributed by atoms with van der Waals surface area (Å²) in [6.07, 6.45) is -3.80. The van der Waals surface area contributed by atoms with E-state index < -0.39 is 19.0 Å². The Morgan fingerprint density at radius 2 is 2.06 bits per heavy atom. The van der Waals surface area contributed by atoms with Crippen LogP contribution >= 0.6 is 0 Å². The quantitative estimate of drug-likeness (QED) is 0.506. The average Bonchev–Trinajstić information content (AvgIpc) is 2.25. The number of ether oxygens (including phenoxy) is 1. The molecule has 3 nitrogen and oxygen atoms in total. The summed E-state index contributed by atoms with van der Waals surface area (Å²) in [6.45, 7) is -0.166. The number of nitrogens with two attached hydrogens (primary N) is 1. The fourth-order valence-corrected chi connectivity index (χ4v) is 1.19. The summed E-state index contributed by atoms with van der Waals surface area (Å²) < 4.78 is 53.4. The Morgan fingerprint density at radius 3 is 2.50 bits per heavy atom. The average molecular weight is 265 g/mol. The Bertz CT molecular complexity index is 449. The highest BCUT2D eigenvalue weighted by atomic mass is 19.3. The number of ketones is 1. The largest absolute Gasteiger partial charge is 0.487 e. The maximum atomic E-state index is 12.6. The molecule has 0 fully saturated rings. The summed E-state index contributed by atoms with van der Waals surface area (Å²) in [6, 6.07) is 3.64. The van der Waals surface area contributed by atoms with E-state index >= 15 is 0 Å². The molecule has 1 aromatic rings. The molecular weight excluding hydrogens is 254 g/mol. The predicted molar refractivity (Wildman–Crippen MR) is 57.3 cm³/mol. The molecule has 1 rings (SSSR count). The standard InChI is InChI=1S/C11H11F4NO2/c1-6(17)8-3-2-7(4-9(8)16)18-5-11(14,15)10(12)13/h2-4,10H,5,16H2,1H3. The van der Waals surface area contributed by atoms with Crippen LogP contribution in [0.1, 0.15) is 17.3 Å². The molecule has 0 atom stereocenters. The molecule has 0 radical (unpaired) electrons. The zero-order chi connectivity index (χ0) is 13.9. The third kappa shape index (κ3) is 3.35. The summed E-state index contributed by atoms with van der Waals surface area (Å²) in [4.78, 5) is 11.0. The van der Waals surface area contributed by atoms with Crippen molar-refractivity contribution >= 4 is 11.5 Å². The molecule has 0 heterocycles. The second kappa shape index (κ2) is 5.24. The van der Waals surface area contributed by atoms with E-state index in [1.807, 2.05) is 0 Å². The van der Waals surface area contributed by atoms with Gasteiger partial charge >= 0.3 is 12.3 Å². The Kier molecular flexibility index (Phi) is 4.15. The molecule has 2 N–H and O–H groups in total. The van der Waals surface area contributed by atoms with E-state index in [0.717, 1.165) is 6.07 Å². The molecule has 0 aromatic heterocycles. The van der Waals surface area contributed by atoms with Crippen molar-refractivity contribution in [1.82, 2.24) is 0 Å².